The second-order valence-electron chi connectivity index (χ2n) is 4.60. The van der Waals surface area contributed by atoms with Crippen LogP contribution in [0.4, 0.5) is 0 Å². The van der Waals surface area contributed by atoms with E-state index in [1.54, 1.807) is 12.1 Å². The van der Waals surface area contributed by atoms with Crippen LogP contribution >= 0.6 is 0 Å². The van der Waals surface area contributed by atoms with Gasteiger partial charge < -0.3 is 5.32 Å². The van der Waals surface area contributed by atoms with Crippen LogP contribution in [0.2, 0.25) is 0 Å². The van der Waals surface area contributed by atoms with Crippen molar-refractivity contribution in [2.24, 2.45) is 0 Å². The van der Waals surface area contributed by atoms with Crippen LogP contribution in [0, 0.1) is 0 Å². The zero-order valence-electron chi connectivity index (χ0n) is 11.7. The Morgan fingerprint density at radius 1 is 1.37 bits per heavy atom. The van der Waals surface area contributed by atoms with Crippen LogP contribution in [-0.4, -0.2) is 38.8 Å². The summed E-state index contributed by atoms with van der Waals surface area (Å²) >= 11 is 0. The van der Waals surface area contributed by atoms with Gasteiger partial charge in [0.25, 0.3) is 5.91 Å². The summed E-state index contributed by atoms with van der Waals surface area (Å²) in [5, 5.41) is 2.81. The number of sulfonamides is 1. The number of amides is 1. The molecule has 0 aromatic heterocycles. The van der Waals surface area contributed by atoms with Gasteiger partial charge in [0.15, 0.2) is 0 Å². The number of nitrogens with one attached hydrogen (secondary N) is 1. The third-order valence-corrected chi connectivity index (χ3v) is 4.68. The van der Waals surface area contributed by atoms with Crippen molar-refractivity contribution in [2.45, 2.75) is 31.2 Å². The van der Waals surface area contributed by atoms with E-state index in [9.17, 15) is 13.2 Å². The third kappa shape index (κ3) is 3.78. The molecule has 0 aliphatic rings. The highest BCUT2D eigenvalue weighted by molar-refractivity contribution is 7.89. The first-order chi connectivity index (χ1) is 8.78. The molecule has 1 rings (SSSR count). The van der Waals surface area contributed by atoms with Crippen LogP contribution in [0.3, 0.4) is 0 Å². The summed E-state index contributed by atoms with van der Waals surface area (Å²) in [6.45, 7) is 3.87. The lowest BCUT2D eigenvalue weighted by atomic mass is 10.2. The Hall–Kier alpha value is -1.40. The maximum atomic E-state index is 12.0. The highest BCUT2D eigenvalue weighted by atomic mass is 32.2. The lowest BCUT2D eigenvalue weighted by molar-refractivity contribution is 0.0939. The van der Waals surface area contributed by atoms with Crippen LogP contribution in [0.15, 0.2) is 29.2 Å². The largest absolute Gasteiger partial charge is 0.350 e. The first kappa shape index (κ1) is 15.7. The average Bonchev–Trinajstić information content (AvgIpc) is 2.38. The molecule has 19 heavy (non-hydrogen) atoms. The van der Waals surface area contributed by atoms with Gasteiger partial charge in [0, 0.05) is 25.7 Å². The molecule has 0 saturated heterocycles. The van der Waals surface area contributed by atoms with E-state index in [2.05, 4.69) is 5.32 Å². The van der Waals surface area contributed by atoms with Crippen LogP contribution < -0.4 is 5.32 Å². The molecule has 1 N–H and O–H groups in total. The zero-order chi connectivity index (χ0) is 14.6. The Kier molecular flexibility index (Phi) is 5.08. The van der Waals surface area contributed by atoms with Gasteiger partial charge >= 0.3 is 0 Å². The van der Waals surface area contributed by atoms with E-state index < -0.39 is 10.0 Å². The first-order valence-electron chi connectivity index (χ1n) is 6.12. The fraction of sp³-hybridized carbons (Fsp3) is 0.462. The summed E-state index contributed by atoms with van der Waals surface area (Å²) in [6.07, 6.45) is 0.821. The van der Waals surface area contributed by atoms with Crippen molar-refractivity contribution in [1.82, 2.24) is 9.62 Å². The molecule has 6 heteroatoms. The predicted molar refractivity (Wildman–Crippen MR) is 74.5 cm³/mol. The Balaban J connectivity index is 3.05. The Morgan fingerprint density at radius 2 is 2.00 bits per heavy atom. The number of hydrogen-bond donors (Lipinski definition) is 1. The SMILES string of the molecule is CCC(C)NC(=O)c1cccc(S(=O)(=O)N(C)C)c1. The lowest BCUT2D eigenvalue weighted by Crippen LogP contribution is -2.32. The van der Waals surface area contributed by atoms with Gasteiger partial charge in [0.05, 0.1) is 4.90 Å². The van der Waals surface area contributed by atoms with Gasteiger partial charge in [-0.25, -0.2) is 12.7 Å². The topological polar surface area (TPSA) is 66.5 Å². The minimum atomic E-state index is -3.51. The molecule has 5 nitrogen and oxygen atoms in total. The molecule has 1 atom stereocenters. The van der Waals surface area contributed by atoms with E-state index in [0.29, 0.717) is 5.56 Å². The number of nitrogens with zero attached hydrogens (tertiary/aromatic N) is 1. The van der Waals surface area contributed by atoms with Crippen molar-refractivity contribution in [3.8, 4) is 0 Å². The summed E-state index contributed by atoms with van der Waals surface area (Å²) in [7, 11) is -0.594. The van der Waals surface area contributed by atoms with Crippen molar-refractivity contribution < 1.29 is 13.2 Å². The normalized spacial score (nSPS) is 13.3. The molecule has 1 unspecified atom stereocenters. The molecule has 0 fully saturated rings. The summed E-state index contributed by atoms with van der Waals surface area (Å²) in [5.74, 6) is -0.259. The lowest BCUT2D eigenvalue weighted by Gasteiger charge is -2.14. The number of carbonyl (C=O) groups is 1. The molecule has 1 aromatic rings. The average molecular weight is 284 g/mol. The minimum absolute atomic E-state index is 0.0570. The molecule has 0 radical (unpaired) electrons. The maximum Gasteiger partial charge on any atom is 0.251 e. The highest BCUT2D eigenvalue weighted by Gasteiger charge is 2.18. The van der Waals surface area contributed by atoms with E-state index in [-0.39, 0.29) is 16.8 Å². The summed E-state index contributed by atoms with van der Waals surface area (Å²) in [5.41, 5.74) is 0.350. The van der Waals surface area contributed by atoms with Crippen LogP contribution in [0.5, 0.6) is 0 Å². The Bertz CT molecular complexity index is 553. The first-order valence-corrected chi connectivity index (χ1v) is 7.56. The molecule has 0 spiro atoms. The van der Waals surface area contributed by atoms with Gasteiger partial charge in [-0.05, 0) is 31.5 Å². The van der Waals surface area contributed by atoms with Crippen molar-refractivity contribution in [3.63, 3.8) is 0 Å². The van der Waals surface area contributed by atoms with E-state index in [0.717, 1.165) is 10.7 Å². The molecular formula is C13H20N2O3S. The summed E-state index contributed by atoms with van der Waals surface area (Å²) in [4.78, 5) is 12.1. The Morgan fingerprint density at radius 3 is 2.53 bits per heavy atom. The molecule has 1 amide bonds. The highest BCUT2D eigenvalue weighted by Crippen LogP contribution is 2.15. The Labute approximate surface area is 114 Å². The third-order valence-electron chi connectivity index (χ3n) is 2.86. The van der Waals surface area contributed by atoms with Gasteiger partial charge in [0.2, 0.25) is 10.0 Å². The molecule has 0 aliphatic carbocycles. The minimum Gasteiger partial charge on any atom is -0.350 e. The van der Waals surface area contributed by atoms with Gasteiger partial charge in [0.1, 0.15) is 0 Å². The van der Waals surface area contributed by atoms with Gasteiger partial charge in [-0.15, -0.1) is 0 Å². The number of benzene rings is 1. The van der Waals surface area contributed by atoms with Crippen LogP contribution in [0.1, 0.15) is 30.6 Å². The van der Waals surface area contributed by atoms with Crippen molar-refractivity contribution >= 4 is 15.9 Å². The second kappa shape index (κ2) is 6.16. The molecule has 0 bridgehead atoms. The quantitative estimate of drug-likeness (QED) is 0.890. The van der Waals surface area contributed by atoms with E-state index >= 15 is 0 Å². The number of carbonyl (C=O) groups excluding carboxylic acids is 1. The van der Waals surface area contributed by atoms with Gasteiger partial charge in [-0.2, -0.15) is 0 Å². The molecule has 1 aromatic carbocycles. The fourth-order valence-corrected chi connectivity index (χ4v) is 2.37. The standard InChI is InChI=1S/C13H20N2O3S/c1-5-10(2)14-13(16)11-7-6-8-12(9-11)19(17,18)15(3)4/h6-10H,5H2,1-4H3,(H,14,16). The van der Waals surface area contributed by atoms with Crippen molar-refractivity contribution in [1.29, 1.82) is 0 Å². The van der Waals surface area contributed by atoms with Gasteiger partial charge in [-0.1, -0.05) is 13.0 Å². The molecule has 0 heterocycles. The number of rotatable bonds is 5. The second-order valence-corrected chi connectivity index (χ2v) is 6.75. The van der Waals surface area contributed by atoms with Crippen LogP contribution in [-0.2, 0) is 10.0 Å². The molecule has 106 valence electrons. The van der Waals surface area contributed by atoms with Gasteiger partial charge in [-0.3, -0.25) is 4.79 Å². The molecule has 0 saturated carbocycles. The maximum absolute atomic E-state index is 12.0. The van der Waals surface area contributed by atoms with Crippen molar-refractivity contribution in [3.05, 3.63) is 29.8 Å². The van der Waals surface area contributed by atoms with Crippen LogP contribution in [0.25, 0.3) is 0 Å². The van der Waals surface area contributed by atoms with E-state index in [1.807, 2.05) is 13.8 Å². The molecule has 0 aliphatic heterocycles. The zero-order valence-corrected chi connectivity index (χ0v) is 12.5. The van der Waals surface area contributed by atoms with E-state index in [1.165, 1.54) is 26.2 Å². The number of hydrogen-bond acceptors (Lipinski definition) is 3. The summed E-state index contributed by atoms with van der Waals surface area (Å²) < 4.78 is 25.1. The van der Waals surface area contributed by atoms with Crippen molar-refractivity contribution in [2.75, 3.05) is 14.1 Å². The monoisotopic (exact) mass is 284 g/mol. The predicted octanol–water partition coefficient (Wildman–Crippen LogP) is 1.47. The fourth-order valence-electron chi connectivity index (χ4n) is 1.42. The summed E-state index contributed by atoms with van der Waals surface area (Å²) in [6, 6.07) is 6.11. The molecular weight excluding hydrogens is 264 g/mol. The van der Waals surface area contributed by atoms with E-state index in [4.69, 9.17) is 0 Å². The smallest absolute Gasteiger partial charge is 0.251 e.